The average Bonchev–Trinajstić information content (AvgIpc) is 2.75. The second-order valence-corrected chi connectivity index (χ2v) is 7.56. The highest BCUT2D eigenvalue weighted by molar-refractivity contribution is 14.0. The zero-order valence-electron chi connectivity index (χ0n) is 17.7. The van der Waals surface area contributed by atoms with E-state index in [0.29, 0.717) is 6.04 Å². The van der Waals surface area contributed by atoms with Gasteiger partial charge in [-0.25, -0.2) is 0 Å². The summed E-state index contributed by atoms with van der Waals surface area (Å²) in [5.74, 6) is 1.04. The van der Waals surface area contributed by atoms with Crippen LogP contribution in [0.4, 0.5) is 5.69 Å². The number of nitrogens with one attached hydrogen (secondary N) is 1. The largest absolute Gasteiger partial charge is 0.368 e. The molecule has 1 atom stereocenters. The van der Waals surface area contributed by atoms with Gasteiger partial charge < -0.3 is 20.0 Å². The van der Waals surface area contributed by atoms with E-state index in [1.807, 2.05) is 7.05 Å². The molecule has 1 unspecified atom stereocenters. The van der Waals surface area contributed by atoms with E-state index in [1.54, 1.807) is 0 Å². The highest BCUT2D eigenvalue weighted by atomic mass is 127. The van der Waals surface area contributed by atoms with Crippen LogP contribution in [0.3, 0.4) is 0 Å². The maximum atomic E-state index is 4.54. The van der Waals surface area contributed by atoms with Crippen LogP contribution in [0.15, 0.2) is 35.3 Å². The van der Waals surface area contributed by atoms with Gasteiger partial charge in [-0.05, 0) is 25.6 Å². The van der Waals surface area contributed by atoms with E-state index >= 15 is 0 Å². The first kappa shape index (κ1) is 23.2. The van der Waals surface area contributed by atoms with Crippen LogP contribution in [0.1, 0.15) is 13.8 Å². The number of piperazine rings is 2. The average molecular weight is 500 g/mol. The molecule has 1 N–H and O–H groups in total. The number of likely N-dealkylation sites (N-methyl/N-ethyl adjacent to an activating group) is 1. The second kappa shape index (κ2) is 11.8. The summed E-state index contributed by atoms with van der Waals surface area (Å²) in [6.45, 7) is 15.5. The summed E-state index contributed by atoms with van der Waals surface area (Å²) in [5.41, 5.74) is 1.32. The number of anilines is 1. The minimum Gasteiger partial charge on any atom is -0.368 e. The maximum absolute atomic E-state index is 4.54. The summed E-state index contributed by atoms with van der Waals surface area (Å²) in [5, 5.41) is 3.62. The van der Waals surface area contributed by atoms with Gasteiger partial charge in [0.15, 0.2) is 5.96 Å². The Hall–Kier alpha value is -1.06. The van der Waals surface area contributed by atoms with Gasteiger partial charge in [-0.15, -0.1) is 24.0 Å². The van der Waals surface area contributed by atoms with Crippen molar-refractivity contribution in [2.45, 2.75) is 19.9 Å². The molecule has 28 heavy (non-hydrogen) atoms. The Balaban J connectivity index is 0.00000280. The summed E-state index contributed by atoms with van der Waals surface area (Å²) in [6, 6.07) is 11.2. The Morgan fingerprint density at radius 1 is 1.00 bits per heavy atom. The fourth-order valence-corrected chi connectivity index (χ4v) is 4.04. The van der Waals surface area contributed by atoms with Crippen LogP contribution < -0.4 is 10.2 Å². The number of nitrogens with zero attached hydrogens (tertiary/aromatic N) is 5. The SMILES string of the molecule is CCN1CCN(C(C)CNC(=NC)N2CCN(c3ccccc3)CC2)CC1.I. The first-order valence-electron chi connectivity index (χ1n) is 10.4. The van der Waals surface area contributed by atoms with Crippen molar-refractivity contribution in [3.05, 3.63) is 30.3 Å². The normalized spacial score (nSPS) is 20.6. The van der Waals surface area contributed by atoms with Crippen molar-refractivity contribution >= 4 is 35.6 Å². The van der Waals surface area contributed by atoms with Crippen molar-refractivity contribution in [1.29, 1.82) is 0 Å². The summed E-state index contributed by atoms with van der Waals surface area (Å²) in [6.07, 6.45) is 0. The standard InChI is InChI=1S/C21H36N6.HI/c1-4-24-10-12-25(13-11-24)19(2)18-23-21(22-3)27-16-14-26(15-17-27)20-8-6-5-7-9-20;/h5-9,19H,4,10-18H2,1-3H3,(H,22,23);1H. The van der Waals surface area contributed by atoms with E-state index < -0.39 is 0 Å². The van der Waals surface area contributed by atoms with Crippen molar-refractivity contribution in [3.8, 4) is 0 Å². The first-order chi connectivity index (χ1) is 13.2. The van der Waals surface area contributed by atoms with E-state index in [2.05, 4.69) is 74.1 Å². The summed E-state index contributed by atoms with van der Waals surface area (Å²) >= 11 is 0. The van der Waals surface area contributed by atoms with Crippen LogP contribution in [0.25, 0.3) is 0 Å². The van der Waals surface area contributed by atoms with Gasteiger partial charge in [0.1, 0.15) is 0 Å². The van der Waals surface area contributed by atoms with E-state index in [0.717, 1.165) is 38.7 Å². The van der Waals surface area contributed by atoms with Crippen LogP contribution >= 0.6 is 24.0 Å². The van der Waals surface area contributed by atoms with Crippen molar-refractivity contribution in [1.82, 2.24) is 20.0 Å². The molecule has 2 aliphatic heterocycles. The maximum Gasteiger partial charge on any atom is 0.193 e. The smallest absolute Gasteiger partial charge is 0.193 e. The molecule has 0 amide bonds. The third kappa shape index (κ3) is 6.22. The van der Waals surface area contributed by atoms with Crippen LogP contribution in [-0.4, -0.2) is 99.2 Å². The van der Waals surface area contributed by atoms with Gasteiger partial charge in [0.25, 0.3) is 0 Å². The van der Waals surface area contributed by atoms with Crippen LogP contribution in [0, 0.1) is 0 Å². The molecule has 0 aromatic heterocycles. The Morgan fingerprint density at radius 3 is 2.21 bits per heavy atom. The van der Waals surface area contributed by atoms with E-state index in [1.165, 1.54) is 38.4 Å². The Labute approximate surface area is 188 Å². The van der Waals surface area contributed by atoms with Gasteiger partial charge in [0.05, 0.1) is 0 Å². The number of rotatable bonds is 5. The molecule has 2 fully saturated rings. The van der Waals surface area contributed by atoms with Gasteiger partial charge in [-0.1, -0.05) is 25.1 Å². The van der Waals surface area contributed by atoms with Gasteiger partial charge >= 0.3 is 0 Å². The number of aliphatic imine (C=N–C) groups is 1. The second-order valence-electron chi connectivity index (χ2n) is 7.56. The summed E-state index contributed by atoms with van der Waals surface area (Å²) in [4.78, 5) is 14.5. The Bertz CT molecular complexity index is 580. The highest BCUT2D eigenvalue weighted by Gasteiger charge is 2.22. The molecule has 0 spiro atoms. The van der Waals surface area contributed by atoms with Crippen LogP contribution in [0.2, 0.25) is 0 Å². The molecule has 0 saturated carbocycles. The van der Waals surface area contributed by atoms with Crippen molar-refractivity contribution < 1.29 is 0 Å². The van der Waals surface area contributed by atoms with Gasteiger partial charge in [-0.3, -0.25) is 9.89 Å². The van der Waals surface area contributed by atoms with Crippen LogP contribution in [-0.2, 0) is 0 Å². The predicted molar refractivity (Wildman–Crippen MR) is 130 cm³/mol. The number of guanidine groups is 1. The number of hydrogen-bond acceptors (Lipinski definition) is 4. The number of hydrogen-bond donors (Lipinski definition) is 1. The van der Waals surface area contributed by atoms with Gasteiger partial charge in [0.2, 0.25) is 0 Å². The molecule has 1 aromatic rings. The number of benzene rings is 1. The molecule has 2 saturated heterocycles. The summed E-state index contributed by atoms with van der Waals surface area (Å²) in [7, 11) is 1.90. The molecular formula is C21H37IN6. The molecule has 0 aliphatic carbocycles. The third-order valence-corrected chi connectivity index (χ3v) is 5.95. The van der Waals surface area contributed by atoms with Gasteiger partial charge in [0, 0.05) is 77.7 Å². The lowest BCUT2D eigenvalue weighted by Gasteiger charge is -2.39. The van der Waals surface area contributed by atoms with Crippen LogP contribution in [0.5, 0.6) is 0 Å². The molecule has 2 aliphatic rings. The minimum absolute atomic E-state index is 0. The third-order valence-electron chi connectivity index (χ3n) is 5.95. The van der Waals surface area contributed by atoms with E-state index in [9.17, 15) is 0 Å². The van der Waals surface area contributed by atoms with Crippen molar-refractivity contribution in [3.63, 3.8) is 0 Å². The molecule has 1 aromatic carbocycles. The zero-order valence-corrected chi connectivity index (χ0v) is 20.0. The molecule has 158 valence electrons. The van der Waals surface area contributed by atoms with Crippen molar-refractivity contribution in [2.75, 3.05) is 77.4 Å². The monoisotopic (exact) mass is 500 g/mol. The number of halogens is 1. The molecule has 0 radical (unpaired) electrons. The quantitative estimate of drug-likeness (QED) is 0.381. The highest BCUT2D eigenvalue weighted by Crippen LogP contribution is 2.15. The number of para-hydroxylation sites is 1. The zero-order chi connectivity index (χ0) is 19.1. The molecule has 0 bridgehead atoms. The fourth-order valence-electron chi connectivity index (χ4n) is 4.04. The molecular weight excluding hydrogens is 463 g/mol. The molecule has 6 nitrogen and oxygen atoms in total. The van der Waals surface area contributed by atoms with Crippen molar-refractivity contribution in [2.24, 2.45) is 4.99 Å². The Morgan fingerprint density at radius 2 is 1.64 bits per heavy atom. The molecule has 7 heteroatoms. The lowest BCUT2D eigenvalue weighted by atomic mass is 10.2. The van der Waals surface area contributed by atoms with Gasteiger partial charge in [-0.2, -0.15) is 0 Å². The predicted octanol–water partition coefficient (Wildman–Crippen LogP) is 2.03. The van der Waals surface area contributed by atoms with E-state index in [-0.39, 0.29) is 24.0 Å². The minimum atomic E-state index is 0. The molecule has 3 rings (SSSR count). The Kier molecular flexibility index (Phi) is 9.81. The van der Waals surface area contributed by atoms with E-state index in [4.69, 9.17) is 0 Å². The topological polar surface area (TPSA) is 37.4 Å². The summed E-state index contributed by atoms with van der Waals surface area (Å²) < 4.78 is 0. The first-order valence-corrected chi connectivity index (χ1v) is 10.4. The lowest BCUT2D eigenvalue weighted by Crippen LogP contribution is -2.56. The lowest BCUT2D eigenvalue weighted by molar-refractivity contribution is 0.107. The molecule has 2 heterocycles. The fraction of sp³-hybridized carbons (Fsp3) is 0.667.